The lowest BCUT2D eigenvalue weighted by atomic mass is 9.76. The molecule has 1 fully saturated rings. The van der Waals surface area contributed by atoms with Crippen LogP contribution in [-0.4, -0.2) is 24.3 Å². The number of nitrogens with one attached hydrogen (secondary N) is 1. The van der Waals surface area contributed by atoms with Crippen molar-refractivity contribution in [3.63, 3.8) is 0 Å². The van der Waals surface area contributed by atoms with E-state index in [0.717, 1.165) is 22.0 Å². The van der Waals surface area contributed by atoms with E-state index >= 15 is 0 Å². The molecule has 1 spiro atoms. The van der Waals surface area contributed by atoms with Gasteiger partial charge in [-0.1, -0.05) is 30.3 Å². The smallest absolute Gasteiger partial charge is 0.328 e. The Bertz CT molecular complexity index is 820. The highest BCUT2D eigenvalue weighted by Gasteiger charge is 2.57. The van der Waals surface area contributed by atoms with E-state index in [9.17, 15) is 9.59 Å². The number of rotatable bonds is 0. The zero-order chi connectivity index (χ0) is 16.2. The molecular formula is C18H17NO4. The third-order valence-electron chi connectivity index (χ3n) is 4.56. The molecule has 0 atom stereocenters. The molecule has 118 valence electrons. The van der Waals surface area contributed by atoms with E-state index in [1.807, 2.05) is 36.4 Å². The molecule has 2 aliphatic heterocycles. The van der Waals surface area contributed by atoms with Gasteiger partial charge in [0, 0.05) is 32.5 Å². The second-order valence-electron chi connectivity index (χ2n) is 6.60. The maximum Gasteiger partial charge on any atom is 0.328 e. The largest absolute Gasteiger partial charge is 0.422 e. The van der Waals surface area contributed by atoms with Gasteiger partial charge in [0.05, 0.1) is 0 Å². The summed E-state index contributed by atoms with van der Waals surface area (Å²) < 4.78 is 10.7. The van der Waals surface area contributed by atoms with Crippen LogP contribution in [0.1, 0.15) is 19.4 Å². The van der Waals surface area contributed by atoms with E-state index in [4.69, 9.17) is 9.47 Å². The third kappa shape index (κ3) is 2.00. The number of benzene rings is 2. The van der Waals surface area contributed by atoms with Crippen LogP contribution >= 0.6 is 0 Å². The van der Waals surface area contributed by atoms with E-state index in [0.29, 0.717) is 0 Å². The molecule has 0 unspecified atom stereocenters. The fraction of sp³-hybridized carbons (Fsp3) is 0.333. The Hall–Kier alpha value is -2.56. The summed E-state index contributed by atoms with van der Waals surface area (Å²) in [5.74, 6) is -2.26. The lowest BCUT2D eigenvalue weighted by Crippen LogP contribution is -2.59. The Labute approximate surface area is 133 Å². The lowest BCUT2D eigenvalue weighted by molar-refractivity contribution is -0.250. The van der Waals surface area contributed by atoms with Crippen molar-refractivity contribution in [3.05, 3.63) is 42.0 Å². The van der Waals surface area contributed by atoms with Gasteiger partial charge in [-0.3, -0.25) is 9.59 Å². The molecule has 0 radical (unpaired) electrons. The molecular weight excluding hydrogens is 294 g/mol. The molecule has 0 amide bonds. The molecule has 5 nitrogen and oxygen atoms in total. The summed E-state index contributed by atoms with van der Waals surface area (Å²) in [7, 11) is 0. The van der Waals surface area contributed by atoms with E-state index in [1.54, 1.807) is 13.8 Å². The zero-order valence-electron chi connectivity index (χ0n) is 13.0. The first-order valence-corrected chi connectivity index (χ1v) is 7.63. The second-order valence-corrected chi connectivity index (χ2v) is 6.60. The number of carbonyl (C=O) groups excluding carboxylic acids is 2. The molecule has 2 aromatic rings. The minimum Gasteiger partial charge on any atom is -0.422 e. The molecule has 5 heteroatoms. The number of fused-ring (bicyclic) bond motifs is 3. The Morgan fingerprint density at radius 3 is 2.43 bits per heavy atom. The fourth-order valence-corrected chi connectivity index (χ4v) is 3.34. The molecule has 23 heavy (non-hydrogen) atoms. The normalized spacial score (nSPS) is 21.3. The van der Waals surface area contributed by atoms with E-state index < -0.39 is 23.1 Å². The van der Waals surface area contributed by atoms with Crippen LogP contribution in [0.5, 0.6) is 0 Å². The number of anilines is 1. The monoisotopic (exact) mass is 311 g/mol. The van der Waals surface area contributed by atoms with Crippen LogP contribution in [-0.2, 0) is 25.5 Å². The molecule has 0 aliphatic carbocycles. The van der Waals surface area contributed by atoms with Crippen molar-refractivity contribution in [1.82, 2.24) is 0 Å². The molecule has 4 rings (SSSR count). The first-order valence-electron chi connectivity index (χ1n) is 7.63. The standard InChI is InChI=1S/C18H17NO4/c1-17(2)22-15(20)18(16(21)23-17)9-13-12-6-4-3-5-11(12)7-8-14(13)19-10-18/h3-8,19H,9-10H2,1-2H3. The second kappa shape index (κ2) is 4.47. The molecule has 2 aliphatic rings. The molecule has 0 aromatic heterocycles. The van der Waals surface area contributed by atoms with Crippen molar-refractivity contribution < 1.29 is 19.1 Å². The SMILES string of the molecule is CC1(C)OC(=O)C2(CNc3ccc4ccccc4c3C2)C(=O)O1. The number of hydrogen-bond donors (Lipinski definition) is 1. The number of cyclic esters (lactones) is 2. The predicted octanol–water partition coefficient (Wildman–Crippen LogP) is 2.63. The van der Waals surface area contributed by atoms with Gasteiger partial charge in [-0.15, -0.1) is 0 Å². The first kappa shape index (κ1) is 14.1. The van der Waals surface area contributed by atoms with Crippen molar-refractivity contribution >= 4 is 28.4 Å². The molecule has 0 bridgehead atoms. The van der Waals surface area contributed by atoms with Crippen molar-refractivity contribution in [2.75, 3.05) is 11.9 Å². The maximum atomic E-state index is 12.6. The van der Waals surface area contributed by atoms with Crippen LogP contribution in [0, 0.1) is 5.41 Å². The van der Waals surface area contributed by atoms with Crippen molar-refractivity contribution in [1.29, 1.82) is 0 Å². The topological polar surface area (TPSA) is 64.6 Å². The summed E-state index contributed by atoms with van der Waals surface area (Å²) in [4.78, 5) is 25.2. The van der Waals surface area contributed by atoms with Crippen LogP contribution in [0.2, 0.25) is 0 Å². The Kier molecular flexibility index (Phi) is 2.73. The number of esters is 2. The predicted molar refractivity (Wildman–Crippen MR) is 84.8 cm³/mol. The van der Waals surface area contributed by atoms with Crippen molar-refractivity contribution in [2.45, 2.75) is 26.1 Å². The number of ether oxygens (including phenoxy) is 2. The van der Waals surface area contributed by atoms with E-state index in [-0.39, 0.29) is 13.0 Å². The maximum absolute atomic E-state index is 12.6. The van der Waals surface area contributed by atoms with Gasteiger partial charge in [0.15, 0.2) is 5.41 Å². The fourth-order valence-electron chi connectivity index (χ4n) is 3.34. The van der Waals surface area contributed by atoms with Crippen LogP contribution in [0.4, 0.5) is 5.69 Å². The lowest BCUT2D eigenvalue weighted by Gasteiger charge is -2.42. The van der Waals surface area contributed by atoms with Gasteiger partial charge in [0.25, 0.3) is 5.79 Å². The molecule has 2 heterocycles. The Morgan fingerprint density at radius 1 is 1.00 bits per heavy atom. The highest BCUT2D eigenvalue weighted by atomic mass is 16.7. The summed E-state index contributed by atoms with van der Waals surface area (Å²) in [6.07, 6.45) is 0.282. The van der Waals surface area contributed by atoms with Gasteiger partial charge in [-0.05, 0) is 22.4 Å². The molecule has 1 saturated heterocycles. The van der Waals surface area contributed by atoms with Crippen molar-refractivity contribution in [2.24, 2.45) is 5.41 Å². The molecule has 0 saturated carbocycles. The highest BCUT2D eigenvalue weighted by Crippen LogP contribution is 2.42. The average molecular weight is 311 g/mol. The summed E-state index contributed by atoms with van der Waals surface area (Å²) in [5.41, 5.74) is 0.579. The van der Waals surface area contributed by atoms with E-state index in [2.05, 4.69) is 5.32 Å². The van der Waals surface area contributed by atoms with Gasteiger partial charge in [0.1, 0.15) is 0 Å². The van der Waals surface area contributed by atoms with Crippen LogP contribution in [0.15, 0.2) is 36.4 Å². The minimum absolute atomic E-state index is 0.187. The van der Waals surface area contributed by atoms with Crippen LogP contribution < -0.4 is 5.32 Å². The Morgan fingerprint density at radius 2 is 1.70 bits per heavy atom. The zero-order valence-corrected chi connectivity index (χ0v) is 13.0. The Balaban J connectivity index is 1.83. The van der Waals surface area contributed by atoms with Gasteiger partial charge in [-0.2, -0.15) is 0 Å². The summed E-state index contributed by atoms with van der Waals surface area (Å²) in [6.45, 7) is 3.32. The van der Waals surface area contributed by atoms with Crippen LogP contribution in [0.25, 0.3) is 10.8 Å². The number of carbonyl (C=O) groups is 2. The van der Waals surface area contributed by atoms with E-state index in [1.165, 1.54) is 0 Å². The highest BCUT2D eigenvalue weighted by molar-refractivity contribution is 6.04. The van der Waals surface area contributed by atoms with Gasteiger partial charge >= 0.3 is 11.9 Å². The summed E-state index contributed by atoms with van der Waals surface area (Å²) >= 11 is 0. The summed E-state index contributed by atoms with van der Waals surface area (Å²) in [5, 5.41) is 5.30. The van der Waals surface area contributed by atoms with Gasteiger partial charge in [0.2, 0.25) is 0 Å². The molecule has 2 aromatic carbocycles. The van der Waals surface area contributed by atoms with Crippen molar-refractivity contribution in [3.8, 4) is 0 Å². The third-order valence-corrected chi connectivity index (χ3v) is 4.56. The summed E-state index contributed by atoms with van der Waals surface area (Å²) in [6, 6.07) is 11.9. The van der Waals surface area contributed by atoms with Crippen LogP contribution in [0.3, 0.4) is 0 Å². The van der Waals surface area contributed by atoms with Gasteiger partial charge in [-0.25, -0.2) is 0 Å². The average Bonchev–Trinajstić information content (AvgIpc) is 2.52. The first-order chi connectivity index (χ1) is 10.9. The van der Waals surface area contributed by atoms with Gasteiger partial charge < -0.3 is 14.8 Å². The molecule has 1 N–H and O–H groups in total. The quantitative estimate of drug-likeness (QED) is 0.598. The minimum atomic E-state index is -1.31. The number of hydrogen-bond acceptors (Lipinski definition) is 5.